The van der Waals surface area contributed by atoms with Crippen molar-refractivity contribution in [2.24, 2.45) is 11.8 Å². The molecule has 0 aliphatic heterocycles. The Morgan fingerprint density at radius 3 is 2.12 bits per heavy atom. The zero-order valence-electron chi connectivity index (χ0n) is 29.6. The topological polar surface area (TPSA) is 61.8 Å². The standard InChI is InChI=1S/C35H66O5Si2/c1-14-15-18-21-28(39-41(10,11)34(4,5)6)24-25-30-29(22-19-16-17-20-23-33(37)38-27(2)3)31(36)26-32(30)40-42(12,13)35(7,8)9/h16,19,24-25,27-30,32H,14-15,17-18,20-23,26H2,1-13H3/b19-16-,25-24+/t28-,29+,30+,32+/m0/s1. The number of hydrogen-bond donors (Lipinski definition) is 0. The van der Waals surface area contributed by atoms with E-state index in [1.54, 1.807) is 0 Å². The van der Waals surface area contributed by atoms with Crippen molar-refractivity contribution in [3.63, 3.8) is 0 Å². The van der Waals surface area contributed by atoms with Gasteiger partial charge in [0, 0.05) is 24.7 Å². The molecule has 1 aliphatic carbocycles. The summed E-state index contributed by atoms with van der Waals surface area (Å²) in [4.78, 5) is 25.3. The molecule has 0 bridgehead atoms. The molecule has 7 heteroatoms. The summed E-state index contributed by atoms with van der Waals surface area (Å²) >= 11 is 0. The second kappa shape index (κ2) is 16.9. The van der Waals surface area contributed by atoms with Gasteiger partial charge in [0.25, 0.3) is 0 Å². The first kappa shape index (κ1) is 39.0. The molecule has 5 nitrogen and oxygen atoms in total. The van der Waals surface area contributed by atoms with Crippen LogP contribution in [0.1, 0.15) is 120 Å². The van der Waals surface area contributed by atoms with Crippen LogP contribution >= 0.6 is 0 Å². The van der Waals surface area contributed by atoms with Gasteiger partial charge in [-0.05, 0) is 75.8 Å². The first-order valence-electron chi connectivity index (χ1n) is 16.6. The van der Waals surface area contributed by atoms with Crippen LogP contribution in [-0.4, -0.2) is 46.7 Å². The van der Waals surface area contributed by atoms with Crippen molar-refractivity contribution in [2.45, 2.75) is 175 Å². The predicted octanol–water partition coefficient (Wildman–Crippen LogP) is 10.2. The first-order chi connectivity index (χ1) is 19.2. The molecule has 0 radical (unpaired) electrons. The summed E-state index contributed by atoms with van der Waals surface area (Å²) in [5.74, 6) is 0.0938. The number of rotatable bonds is 17. The van der Waals surface area contributed by atoms with Crippen LogP contribution in [0.15, 0.2) is 24.3 Å². The third-order valence-electron chi connectivity index (χ3n) is 9.53. The SMILES string of the molecule is CCCCC[C@@H](/C=C/[C@H]1[C@H](O[Si](C)(C)C(C)(C)C)CC(=O)[C@@H]1C/C=C\CCCC(=O)OC(C)C)O[Si](C)(C)C(C)(C)C. The van der Waals surface area contributed by atoms with Gasteiger partial charge in [0.05, 0.1) is 18.3 Å². The van der Waals surface area contributed by atoms with Gasteiger partial charge in [0.2, 0.25) is 0 Å². The quantitative estimate of drug-likeness (QED) is 0.0699. The highest BCUT2D eigenvalue weighted by atomic mass is 28.4. The van der Waals surface area contributed by atoms with E-state index in [2.05, 4.69) is 99.0 Å². The summed E-state index contributed by atoms with van der Waals surface area (Å²) in [6, 6.07) is 0. The Morgan fingerprint density at radius 1 is 0.952 bits per heavy atom. The molecule has 0 heterocycles. The van der Waals surface area contributed by atoms with Crippen LogP contribution < -0.4 is 0 Å². The van der Waals surface area contributed by atoms with Crippen molar-refractivity contribution in [1.82, 2.24) is 0 Å². The summed E-state index contributed by atoms with van der Waals surface area (Å²) in [6.45, 7) is 28.8. The van der Waals surface area contributed by atoms with Crippen molar-refractivity contribution in [2.75, 3.05) is 0 Å². The normalized spacial score (nSPS) is 21.7. The lowest BCUT2D eigenvalue weighted by molar-refractivity contribution is -0.147. The van der Waals surface area contributed by atoms with Gasteiger partial charge in [-0.25, -0.2) is 0 Å². The van der Waals surface area contributed by atoms with Crippen LogP contribution in [0.2, 0.25) is 36.3 Å². The van der Waals surface area contributed by atoms with Crippen molar-refractivity contribution >= 4 is 28.4 Å². The molecule has 0 unspecified atom stereocenters. The van der Waals surface area contributed by atoms with Gasteiger partial charge in [-0.15, -0.1) is 0 Å². The number of unbranched alkanes of at least 4 members (excludes halogenated alkanes) is 3. The Labute approximate surface area is 261 Å². The summed E-state index contributed by atoms with van der Waals surface area (Å²) in [6.07, 6.45) is 16.4. The zero-order chi connectivity index (χ0) is 32.4. The second-order valence-electron chi connectivity index (χ2n) is 15.7. The van der Waals surface area contributed by atoms with E-state index in [4.69, 9.17) is 13.6 Å². The van der Waals surface area contributed by atoms with Gasteiger partial charge in [-0.2, -0.15) is 0 Å². The van der Waals surface area contributed by atoms with Crippen LogP contribution in [0.5, 0.6) is 0 Å². The molecule has 1 saturated carbocycles. The maximum Gasteiger partial charge on any atom is 0.306 e. The van der Waals surface area contributed by atoms with Gasteiger partial charge in [-0.3, -0.25) is 9.59 Å². The smallest absolute Gasteiger partial charge is 0.306 e. The zero-order valence-corrected chi connectivity index (χ0v) is 31.6. The molecule has 1 aliphatic rings. The van der Waals surface area contributed by atoms with Gasteiger partial charge in [-0.1, -0.05) is 92.0 Å². The van der Waals surface area contributed by atoms with E-state index in [1.165, 1.54) is 12.8 Å². The number of allylic oxidation sites excluding steroid dienone is 2. The third kappa shape index (κ3) is 12.9. The van der Waals surface area contributed by atoms with E-state index in [1.807, 2.05) is 13.8 Å². The Bertz CT molecular complexity index is 892. The fourth-order valence-electron chi connectivity index (χ4n) is 4.83. The molecular weight excluding hydrogens is 557 g/mol. The number of ether oxygens (including phenoxy) is 1. The lowest BCUT2D eigenvalue weighted by atomic mass is 9.90. The lowest BCUT2D eigenvalue weighted by Crippen LogP contribution is -2.45. The van der Waals surface area contributed by atoms with E-state index >= 15 is 0 Å². The van der Waals surface area contributed by atoms with Crippen molar-refractivity contribution in [3.05, 3.63) is 24.3 Å². The van der Waals surface area contributed by atoms with Crippen molar-refractivity contribution in [1.29, 1.82) is 0 Å². The van der Waals surface area contributed by atoms with Gasteiger partial charge >= 0.3 is 5.97 Å². The summed E-state index contributed by atoms with van der Waals surface area (Å²) in [5, 5.41) is 0.215. The van der Waals surface area contributed by atoms with E-state index in [-0.39, 0.29) is 46.2 Å². The van der Waals surface area contributed by atoms with Crippen LogP contribution in [0.25, 0.3) is 0 Å². The van der Waals surface area contributed by atoms with Gasteiger partial charge in [0.15, 0.2) is 16.6 Å². The lowest BCUT2D eigenvalue weighted by Gasteiger charge is -2.40. The number of Topliss-reactive ketones (excluding diaryl/α,β-unsaturated/α-hetero) is 1. The van der Waals surface area contributed by atoms with Crippen molar-refractivity contribution < 1.29 is 23.2 Å². The fraction of sp³-hybridized carbons (Fsp3) is 0.829. The highest BCUT2D eigenvalue weighted by Gasteiger charge is 2.47. The van der Waals surface area contributed by atoms with Crippen LogP contribution in [0.3, 0.4) is 0 Å². The minimum atomic E-state index is -2.06. The molecule has 244 valence electrons. The summed E-state index contributed by atoms with van der Waals surface area (Å²) in [7, 11) is -4.01. The largest absolute Gasteiger partial charge is 0.463 e. The molecule has 0 saturated heterocycles. The Balaban J connectivity index is 3.17. The average molecular weight is 623 g/mol. The molecule has 4 atom stereocenters. The minimum Gasteiger partial charge on any atom is -0.463 e. The molecule has 0 N–H and O–H groups in total. The second-order valence-corrected chi connectivity index (χ2v) is 25.2. The molecular formula is C35H66O5Si2. The maximum atomic E-state index is 13.4. The molecule has 0 aromatic rings. The highest BCUT2D eigenvalue weighted by molar-refractivity contribution is 6.74. The highest BCUT2D eigenvalue weighted by Crippen LogP contribution is 2.43. The molecule has 0 spiro atoms. The molecule has 0 aromatic heterocycles. The molecule has 42 heavy (non-hydrogen) atoms. The number of esters is 1. The van der Waals surface area contributed by atoms with Gasteiger partial charge in [0.1, 0.15) is 5.78 Å². The molecule has 0 aromatic carbocycles. The number of hydrogen-bond acceptors (Lipinski definition) is 5. The third-order valence-corrected chi connectivity index (χ3v) is 18.5. The first-order valence-corrected chi connectivity index (χ1v) is 22.4. The fourth-order valence-corrected chi connectivity index (χ4v) is 7.48. The van der Waals surface area contributed by atoms with E-state index in [9.17, 15) is 9.59 Å². The Kier molecular flexibility index (Phi) is 15.7. The van der Waals surface area contributed by atoms with E-state index in [0.29, 0.717) is 25.0 Å². The molecule has 1 fully saturated rings. The maximum absolute atomic E-state index is 13.4. The van der Waals surface area contributed by atoms with Crippen molar-refractivity contribution in [3.8, 4) is 0 Å². The van der Waals surface area contributed by atoms with E-state index < -0.39 is 16.6 Å². The number of ketones is 1. The number of carbonyl (C=O) groups is 2. The molecule has 1 rings (SSSR count). The van der Waals surface area contributed by atoms with Crippen LogP contribution in [0.4, 0.5) is 0 Å². The summed E-state index contributed by atoms with van der Waals surface area (Å²) < 4.78 is 19.1. The average Bonchev–Trinajstić information content (AvgIpc) is 3.10. The predicted molar refractivity (Wildman–Crippen MR) is 183 cm³/mol. The van der Waals surface area contributed by atoms with Gasteiger partial charge < -0.3 is 13.6 Å². The van der Waals surface area contributed by atoms with E-state index in [0.717, 1.165) is 25.7 Å². The Hall–Kier alpha value is -1.03. The molecule has 0 amide bonds. The summed E-state index contributed by atoms with van der Waals surface area (Å²) in [5.41, 5.74) is 0. The monoisotopic (exact) mass is 622 g/mol. The Morgan fingerprint density at radius 2 is 1.57 bits per heavy atom. The van der Waals surface area contributed by atoms with Crippen LogP contribution in [0, 0.1) is 11.8 Å². The number of carbonyl (C=O) groups excluding carboxylic acids is 2. The van der Waals surface area contributed by atoms with Crippen LogP contribution in [-0.2, 0) is 23.2 Å². The minimum absolute atomic E-state index is 0.0361.